The molecule has 110 valence electrons. The molecule has 0 heterocycles. The fourth-order valence-electron chi connectivity index (χ4n) is 2.04. The zero-order chi connectivity index (χ0) is 15.4. The Hall–Kier alpha value is -2.63. The zero-order valence-electron chi connectivity index (χ0n) is 11.1. The highest BCUT2D eigenvalue weighted by Crippen LogP contribution is 2.25. The highest BCUT2D eigenvalue weighted by molar-refractivity contribution is 5.77. The summed E-state index contributed by atoms with van der Waals surface area (Å²) in [6.45, 7) is -0.638. The first-order valence-corrected chi connectivity index (χ1v) is 6.23. The van der Waals surface area contributed by atoms with Gasteiger partial charge in [0.15, 0.2) is 0 Å². The molecule has 2 aromatic carbocycles. The van der Waals surface area contributed by atoms with Crippen molar-refractivity contribution in [2.75, 3.05) is 17.2 Å². The van der Waals surface area contributed by atoms with Crippen LogP contribution in [-0.4, -0.2) is 17.6 Å². The van der Waals surface area contributed by atoms with Crippen molar-refractivity contribution in [2.24, 2.45) is 0 Å². The molecule has 0 amide bonds. The summed E-state index contributed by atoms with van der Waals surface area (Å²) in [5, 5.41) is 8.98. The van der Waals surface area contributed by atoms with Crippen molar-refractivity contribution in [3.05, 3.63) is 59.7 Å². The molecule has 0 saturated carbocycles. The molecule has 0 unspecified atom stereocenters. The molecule has 3 N–H and O–H groups in total. The van der Waals surface area contributed by atoms with Gasteiger partial charge in [-0.1, -0.05) is 18.2 Å². The summed E-state index contributed by atoms with van der Waals surface area (Å²) in [5.74, 6) is -2.56. The number of hydrogen-bond acceptors (Lipinski definition) is 3. The first kappa shape index (κ1) is 14.8. The van der Waals surface area contributed by atoms with E-state index in [9.17, 15) is 13.6 Å². The van der Waals surface area contributed by atoms with Gasteiger partial charge in [-0.25, -0.2) is 8.78 Å². The molecule has 0 saturated heterocycles. The fraction of sp³-hybridized carbons (Fsp3) is 0.133. The largest absolute Gasteiger partial charge is 0.480 e. The minimum absolute atomic E-state index is 0.193. The van der Waals surface area contributed by atoms with Gasteiger partial charge in [0.05, 0.1) is 11.4 Å². The number of halogens is 2. The average Bonchev–Trinajstić information content (AvgIpc) is 2.42. The van der Waals surface area contributed by atoms with Crippen LogP contribution in [0.1, 0.15) is 5.56 Å². The molecule has 6 heteroatoms. The topological polar surface area (TPSA) is 66.6 Å². The maximum atomic E-state index is 13.7. The van der Waals surface area contributed by atoms with Crippen LogP contribution < -0.4 is 10.6 Å². The Morgan fingerprint density at radius 3 is 2.29 bits per heavy atom. The van der Waals surface area contributed by atoms with Crippen LogP contribution in [0.2, 0.25) is 0 Å². The van der Waals surface area contributed by atoms with E-state index in [0.717, 1.165) is 12.1 Å². The summed E-state index contributed by atoms with van der Waals surface area (Å²) < 4.78 is 27.4. The van der Waals surface area contributed by atoms with Gasteiger partial charge in [-0.05, 0) is 24.3 Å². The third-order valence-electron chi connectivity index (χ3n) is 3.01. The highest BCUT2D eigenvalue weighted by atomic mass is 19.1. The van der Waals surface area contributed by atoms with E-state index in [1.54, 1.807) is 24.3 Å². The lowest BCUT2D eigenvalue weighted by Gasteiger charge is -2.24. The summed E-state index contributed by atoms with van der Waals surface area (Å²) in [5.41, 5.74) is 6.37. The van der Waals surface area contributed by atoms with Gasteiger partial charge in [-0.15, -0.1) is 0 Å². The van der Waals surface area contributed by atoms with Gasteiger partial charge in [0.25, 0.3) is 0 Å². The minimum atomic E-state index is -1.12. The van der Waals surface area contributed by atoms with Gasteiger partial charge in [-0.2, -0.15) is 0 Å². The van der Waals surface area contributed by atoms with Crippen molar-refractivity contribution in [1.29, 1.82) is 0 Å². The van der Waals surface area contributed by atoms with Crippen LogP contribution in [0.15, 0.2) is 42.5 Å². The molecule has 21 heavy (non-hydrogen) atoms. The quantitative estimate of drug-likeness (QED) is 0.831. The third kappa shape index (κ3) is 3.47. The molecule has 0 aliphatic rings. The molecule has 0 aromatic heterocycles. The molecule has 4 nitrogen and oxygen atoms in total. The van der Waals surface area contributed by atoms with Crippen molar-refractivity contribution in [3.63, 3.8) is 0 Å². The van der Waals surface area contributed by atoms with Crippen molar-refractivity contribution in [3.8, 4) is 0 Å². The van der Waals surface area contributed by atoms with Crippen LogP contribution in [0.4, 0.5) is 20.2 Å². The summed E-state index contributed by atoms with van der Waals surface area (Å²) in [7, 11) is 0. The Balaban J connectivity index is 2.38. The predicted octanol–water partition coefficient (Wildman–Crippen LogP) is 2.64. The summed E-state index contributed by atoms with van der Waals surface area (Å²) in [6.07, 6.45) is 0. The molecule has 2 aromatic rings. The molecule has 0 aliphatic carbocycles. The summed E-state index contributed by atoms with van der Waals surface area (Å²) >= 11 is 0. The number of rotatable bonds is 5. The molecular formula is C15H14F2N2O2. The zero-order valence-corrected chi connectivity index (χ0v) is 11.1. The fourth-order valence-corrected chi connectivity index (χ4v) is 2.04. The molecule has 0 aliphatic heterocycles. The van der Waals surface area contributed by atoms with Crippen molar-refractivity contribution in [1.82, 2.24) is 0 Å². The smallest absolute Gasteiger partial charge is 0.323 e. The molecular weight excluding hydrogens is 278 g/mol. The van der Waals surface area contributed by atoms with Crippen LogP contribution in [0, 0.1) is 11.6 Å². The van der Waals surface area contributed by atoms with Gasteiger partial charge in [0, 0.05) is 12.1 Å². The van der Waals surface area contributed by atoms with Crippen LogP contribution in [0.3, 0.4) is 0 Å². The monoisotopic (exact) mass is 292 g/mol. The minimum Gasteiger partial charge on any atom is -0.480 e. The van der Waals surface area contributed by atoms with E-state index in [1.165, 1.54) is 11.0 Å². The van der Waals surface area contributed by atoms with E-state index >= 15 is 0 Å². The summed E-state index contributed by atoms with van der Waals surface area (Å²) in [6, 6.07) is 10.1. The molecule has 0 atom stereocenters. The lowest BCUT2D eigenvalue weighted by Crippen LogP contribution is -2.30. The number of anilines is 2. The van der Waals surface area contributed by atoms with E-state index in [2.05, 4.69) is 0 Å². The molecule has 2 rings (SSSR count). The van der Waals surface area contributed by atoms with Crippen molar-refractivity contribution in [2.45, 2.75) is 6.54 Å². The highest BCUT2D eigenvalue weighted by Gasteiger charge is 2.18. The number of nitrogen functional groups attached to an aromatic ring is 1. The predicted molar refractivity (Wildman–Crippen MR) is 75.9 cm³/mol. The lowest BCUT2D eigenvalue weighted by atomic mass is 10.1. The normalized spacial score (nSPS) is 10.4. The van der Waals surface area contributed by atoms with Gasteiger partial charge < -0.3 is 15.7 Å². The summed E-state index contributed by atoms with van der Waals surface area (Å²) in [4.78, 5) is 12.3. The van der Waals surface area contributed by atoms with Crippen LogP contribution >= 0.6 is 0 Å². The first-order valence-electron chi connectivity index (χ1n) is 6.23. The van der Waals surface area contributed by atoms with Gasteiger partial charge in [-0.3, -0.25) is 4.79 Å². The van der Waals surface area contributed by atoms with Crippen LogP contribution in [-0.2, 0) is 11.3 Å². The van der Waals surface area contributed by atoms with Gasteiger partial charge in [0.1, 0.15) is 18.2 Å². The Kier molecular flexibility index (Phi) is 4.37. The van der Waals surface area contributed by atoms with Gasteiger partial charge in [0.2, 0.25) is 0 Å². The Labute approximate surface area is 120 Å². The second-order valence-electron chi connectivity index (χ2n) is 4.51. The van der Waals surface area contributed by atoms with E-state index in [1.807, 2.05) is 0 Å². The SMILES string of the molecule is Nc1ccccc1N(CC(=O)O)Cc1c(F)cccc1F. The van der Waals surface area contributed by atoms with Crippen LogP contribution in [0.25, 0.3) is 0 Å². The maximum absolute atomic E-state index is 13.7. The Morgan fingerprint density at radius 2 is 1.71 bits per heavy atom. The van der Waals surface area contributed by atoms with E-state index in [4.69, 9.17) is 10.8 Å². The molecule has 0 bridgehead atoms. The van der Waals surface area contributed by atoms with Crippen molar-refractivity contribution < 1.29 is 18.7 Å². The number of carboxylic acid groups (broad SMARTS) is 1. The molecule has 0 spiro atoms. The second-order valence-corrected chi connectivity index (χ2v) is 4.51. The lowest BCUT2D eigenvalue weighted by molar-refractivity contribution is -0.135. The van der Waals surface area contributed by atoms with Crippen molar-refractivity contribution >= 4 is 17.3 Å². The van der Waals surface area contributed by atoms with E-state index in [-0.39, 0.29) is 12.1 Å². The first-order chi connectivity index (χ1) is 9.99. The molecule has 0 radical (unpaired) electrons. The number of carbonyl (C=O) groups is 1. The number of para-hydroxylation sites is 2. The maximum Gasteiger partial charge on any atom is 0.323 e. The number of hydrogen-bond donors (Lipinski definition) is 2. The Bertz CT molecular complexity index is 642. The number of benzene rings is 2. The standard InChI is InChI=1S/C15H14F2N2O2/c16-11-4-3-5-12(17)10(11)8-19(9-15(20)21)14-7-2-1-6-13(14)18/h1-7H,8-9,18H2,(H,20,21). The number of carboxylic acids is 1. The molecule has 0 fully saturated rings. The van der Waals surface area contributed by atoms with Gasteiger partial charge >= 0.3 is 5.97 Å². The Morgan fingerprint density at radius 1 is 1.10 bits per heavy atom. The second kappa shape index (κ2) is 6.21. The van der Waals surface area contributed by atoms with Crippen LogP contribution in [0.5, 0.6) is 0 Å². The third-order valence-corrected chi connectivity index (χ3v) is 3.01. The van der Waals surface area contributed by atoms with E-state index in [0.29, 0.717) is 11.4 Å². The van der Waals surface area contributed by atoms with E-state index < -0.39 is 24.1 Å². The number of nitrogens with two attached hydrogens (primary N) is 1. The number of aliphatic carboxylic acids is 1. The average molecular weight is 292 g/mol. The number of nitrogens with zero attached hydrogens (tertiary/aromatic N) is 1.